The van der Waals surface area contributed by atoms with Gasteiger partial charge in [0.2, 0.25) is 0 Å². The first-order valence-electron chi connectivity index (χ1n) is 2.39. The molecular formula is C4H7F2NS. The largest absolute Gasteiger partial charge is 0.300 e. The molecule has 0 aromatic heterocycles. The van der Waals surface area contributed by atoms with Gasteiger partial charge in [-0.05, 0) is 0 Å². The summed E-state index contributed by atoms with van der Waals surface area (Å²) in [6, 6.07) is 0. The summed E-state index contributed by atoms with van der Waals surface area (Å²) in [6.07, 6.45) is -0.143. The number of rotatable bonds is 0. The van der Waals surface area contributed by atoms with Crippen molar-refractivity contribution in [1.29, 1.82) is 0 Å². The van der Waals surface area contributed by atoms with Crippen LogP contribution in [0.3, 0.4) is 0 Å². The molecule has 1 unspecified atom stereocenters. The average Bonchev–Trinajstić information content (AvgIpc) is 1.82. The number of hydrogen-bond acceptors (Lipinski definition) is 2. The first kappa shape index (κ1) is 6.29. The molecular weight excluding hydrogens is 132 g/mol. The van der Waals surface area contributed by atoms with Crippen LogP contribution < -0.4 is 5.32 Å². The van der Waals surface area contributed by atoms with E-state index < -0.39 is 5.92 Å². The highest BCUT2D eigenvalue weighted by Crippen LogP contribution is 2.26. The van der Waals surface area contributed by atoms with Crippen LogP contribution in [0.25, 0.3) is 0 Å². The molecule has 1 heterocycles. The molecule has 48 valence electrons. The summed E-state index contributed by atoms with van der Waals surface area (Å²) in [5, 5.41) is 2.21. The zero-order valence-electron chi connectivity index (χ0n) is 4.19. The topological polar surface area (TPSA) is 12.0 Å². The van der Waals surface area contributed by atoms with Gasteiger partial charge in [0.15, 0.2) is 0 Å². The van der Waals surface area contributed by atoms with Gasteiger partial charge in [-0.15, -0.1) is 0 Å². The molecule has 1 saturated heterocycles. The summed E-state index contributed by atoms with van der Waals surface area (Å²) in [5.74, 6) is -2.52. The molecule has 8 heavy (non-hydrogen) atoms. The Balaban J connectivity index is 2.44. The second kappa shape index (κ2) is 1.84. The number of thiol groups is 1. The van der Waals surface area contributed by atoms with Gasteiger partial charge in [-0.25, -0.2) is 8.78 Å². The van der Waals surface area contributed by atoms with Gasteiger partial charge in [-0.1, -0.05) is 0 Å². The van der Waals surface area contributed by atoms with Gasteiger partial charge in [-0.3, -0.25) is 5.32 Å². The minimum Gasteiger partial charge on any atom is -0.300 e. The monoisotopic (exact) mass is 139 g/mol. The molecule has 1 atom stereocenters. The average molecular weight is 139 g/mol. The molecule has 0 aromatic carbocycles. The van der Waals surface area contributed by atoms with Crippen molar-refractivity contribution in [3.63, 3.8) is 0 Å². The highest BCUT2D eigenvalue weighted by atomic mass is 32.1. The second-order valence-electron chi connectivity index (χ2n) is 1.96. The van der Waals surface area contributed by atoms with E-state index in [1.807, 2.05) is 0 Å². The van der Waals surface area contributed by atoms with Gasteiger partial charge in [0.25, 0.3) is 5.92 Å². The first-order valence-corrected chi connectivity index (χ1v) is 2.91. The number of hydrogen-bond donors (Lipinski definition) is 2. The Hall–Kier alpha value is 0.170. The Morgan fingerprint density at radius 3 is 2.38 bits per heavy atom. The third kappa shape index (κ3) is 1.32. The fourth-order valence-corrected chi connectivity index (χ4v) is 1.05. The zero-order chi connectivity index (χ0) is 6.20. The summed E-state index contributed by atoms with van der Waals surface area (Å²) in [6.45, 7) is -0.221. The van der Waals surface area contributed by atoms with Crippen LogP contribution in [0, 0.1) is 0 Å². The standard InChI is InChI=1S/C4H7F2NS/c5-4(6)1-3(8)7-2-4/h3,7-8H,1-2H2. The minimum atomic E-state index is -2.52. The second-order valence-corrected chi connectivity index (χ2v) is 2.58. The van der Waals surface area contributed by atoms with Crippen molar-refractivity contribution < 1.29 is 8.78 Å². The van der Waals surface area contributed by atoms with Crippen molar-refractivity contribution in [3.8, 4) is 0 Å². The summed E-state index contributed by atoms with van der Waals surface area (Å²) >= 11 is 3.81. The van der Waals surface area contributed by atoms with E-state index in [4.69, 9.17) is 0 Å². The Labute approximate surface area is 51.9 Å². The number of alkyl halides is 2. The fraction of sp³-hybridized carbons (Fsp3) is 1.00. The molecule has 1 fully saturated rings. The van der Waals surface area contributed by atoms with E-state index in [1.165, 1.54) is 0 Å². The van der Waals surface area contributed by atoms with E-state index in [-0.39, 0.29) is 18.3 Å². The molecule has 0 saturated carbocycles. The zero-order valence-corrected chi connectivity index (χ0v) is 5.09. The van der Waals surface area contributed by atoms with Crippen LogP contribution in [0.1, 0.15) is 6.42 Å². The lowest BCUT2D eigenvalue weighted by Crippen LogP contribution is -2.19. The summed E-state index contributed by atoms with van der Waals surface area (Å²) in [4.78, 5) is 0. The Kier molecular flexibility index (Phi) is 1.45. The van der Waals surface area contributed by atoms with E-state index in [9.17, 15) is 8.78 Å². The van der Waals surface area contributed by atoms with Crippen molar-refractivity contribution in [2.45, 2.75) is 17.7 Å². The highest BCUT2D eigenvalue weighted by molar-refractivity contribution is 7.80. The molecule has 4 heteroatoms. The minimum absolute atomic E-state index is 0.143. The van der Waals surface area contributed by atoms with E-state index in [0.29, 0.717) is 0 Å². The van der Waals surface area contributed by atoms with E-state index in [0.717, 1.165) is 0 Å². The Bertz CT molecular complexity index is 96.0. The quantitative estimate of drug-likeness (QED) is 0.474. The lowest BCUT2D eigenvalue weighted by molar-refractivity contribution is 0.0231. The maximum absolute atomic E-state index is 12.1. The van der Waals surface area contributed by atoms with Crippen LogP contribution in [-0.2, 0) is 0 Å². The third-order valence-corrected chi connectivity index (χ3v) is 1.45. The molecule has 1 N–H and O–H groups in total. The lowest BCUT2D eigenvalue weighted by Gasteiger charge is -2.02. The molecule has 0 radical (unpaired) electrons. The molecule has 1 rings (SSSR count). The van der Waals surface area contributed by atoms with Crippen molar-refractivity contribution in [1.82, 2.24) is 5.32 Å². The maximum atomic E-state index is 12.1. The molecule has 1 aliphatic heterocycles. The smallest absolute Gasteiger partial charge is 0.262 e. The van der Waals surface area contributed by atoms with Crippen molar-refractivity contribution in [2.24, 2.45) is 0 Å². The van der Waals surface area contributed by atoms with E-state index >= 15 is 0 Å². The van der Waals surface area contributed by atoms with Crippen molar-refractivity contribution >= 4 is 12.6 Å². The summed E-state index contributed by atoms with van der Waals surface area (Å²) in [5.41, 5.74) is 0. The van der Waals surface area contributed by atoms with Crippen LogP contribution >= 0.6 is 12.6 Å². The van der Waals surface area contributed by atoms with Crippen molar-refractivity contribution in [3.05, 3.63) is 0 Å². The normalized spacial score (nSPS) is 35.6. The van der Waals surface area contributed by atoms with Crippen molar-refractivity contribution in [2.75, 3.05) is 6.54 Å². The molecule has 1 aliphatic rings. The van der Waals surface area contributed by atoms with Crippen LogP contribution in [0.2, 0.25) is 0 Å². The van der Waals surface area contributed by atoms with Gasteiger partial charge in [-0.2, -0.15) is 12.6 Å². The van der Waals surface area contributed by atoms with E-state index in [2.05, 4.69) is 17.9 Å². The van der Waals surface area contributed by atoms with Gasteiger partial charge >= 0.3 is 0 Å². The molecule has 0 amide bonds. The summed E-state index contributed by atoms with van der Waals surface area (Å²) < 4.78 is 24.2. The van der Waals surface area contributed by atoms with Crippen LogP contribution in [-0.4, -0.2) is 17.8 Å². The molecule has 0 aliphatic carbocycles. The SMILES string of the molecule is FC1(F)CNC(S)C1. The maximum Gasteiger partial charge on any atom is 0.262 e. The third-order valence-electron chi connectivity index (χ3n) is 1.09. The Morgan fingerprint density at radius 2 is 2.25 bits per heavy atom. The lowest BCUT2D eigenvalue weighted by atomic mass is 10.3. The predicted octanol–water partition coefficient (Wildman–Crippen LogP) is 0.871. The van der Waals surface area contributed by atoms with Gasteiger partial charge in [0, 0.05) is 6.42 Å². The summed E-state index contributed by atoms with van der Waals surface area (Å²) in [7, 11) is 0. The first-order chi connectivity index (χ1) is 3.60. The predicted molar refractivity (Wildman–Crippen MR) is 30.3 cm³/mol. The number of nitrogens with one attached hydrogen (secondary N) is 1. The van der Waals surface area contributed by atoms with E-state index in [1.54, 1.807) is 0 Å². The van der Waals surface area contributed by atoms with Gasteiger partial charge in [0.1, 0.15) is 0 Å². The molecule has 0 aromatic rings. The fourth-order valence-electron chi connectivity index (χ4n) is 0.694. The van der Waals surface area contributed by atoms with Gasteiger partial charge < -0.3 is 0 Å². The highest BCUT2D eigenvalue weighted by Gasteiger charge is 2.37. The molecule has 1 nitrogen and oxygen atoms in total. The Morgan fingerprint density at radius 1 is 1.62 bits per heavy atom. The number of halogens is 2. The molecule has 0 bridgehead atoms. The van der Waals surface area contributed by atoms with Crippen LogP contribution in [0.15, 0.2) is 0 Å². The van der Waals surface area contributed by atoms with Crippen LogP contribution in [0.4, 0.5) is 8.78 Å². The van der Waals surface area contributed by atoms with Crippen LogP contribution in [0.5, 0.6) is 0 Å². The van der Waals surface area contributed by atoms with Gasteiger partial charge in [0.05, 0.1) is 11.9 Å². The molecule has 0 spiro atoms.